The zero-order valence-electron chi connectivity index (χ0n) is 34.0. The summed E-state index contributed by atoms with van der Waals surface area (Å²) in [6.45, 7) is 7.87. The largest absolute Gasteiger partial charge is 0.480 e. The minimum Gasteiger partial charge on any atom is -0.480 e. The highest BCUT2D eigenvalue weighted by Crippen LogP contribution is 2.49. The van der Waals surface area contributed by atoms with Crippen molar-refractivity contribution in [1.82, 2.24) is 15.1 Å². The molecule has 0 bridgehead atoms. The molecule has 60 heavy (non-hydrogen) atoms. The smallest absolute Gasteiger partial charge is 0.326 e. The molecule has 0 saturated carbocycles. The molecule has 0 radical (unpaired) electrons. The topological polar surface area (TPSA) is 141 Å². The molecule has 0 aromatic heterocycles. The number of rotatable bonds is 14. The van der Waals surface area contributed by atoms with Crippen LogP contribution in [0.3, 0.4) is 0 Å². The van der Waals surface area contributed by atoms with Crippen molar-refractivity contribution >= 4 is 95.9 Å². The van der Waals surface area contributed by atoms with Gasteiger partial charge in [0.2, 0.25) is 5.91 Å². The Hall–Kier alpha value is -6.07. The van der Waals surface area contributed by atoms with Gasteiger partial charge in [-0.05, 0) is 94.6 Å². The third kappa shape index (κ3) is 5.91. The van der Waals surface area contributed by atoms with Crippen molar-refractivity contribution < 1.29 is 33.9 Å². The number of nitrogens with zero attached hydrogens (tertiary/aromatic N) is 2. The molecular weight excluding hydrogens is 775 g/mol. The lowest BCUT2D eigenvalue weighted by molar-refractivity contribution is -0.141. The van der Waals surface area contributed by atoms with E-state index in [1.54, 1.807) is 18.2 Å². The molecule has 3 aliphatic rings. The molecule has 9 rings (SSSR count). The summed E-state index contributed by atoms with van der Waals surface area (Å²) in [5.74, 6) is -2.63. The maximum Gasteiger partial charge on any atom is 0.326 e. The highest BCUT2D eigenvalue weighted by Gasteiger charge is 2.40. The van der Waals surface area contributed by atoms with Gasteiger partial charge in [-0.1, -0.05) is 76.2 Å². The van der Waals surface area contributed by atoms with Crippen molar-refractivity contribution in [3.05, 3.63) is 106 Å². The van der Waals surface area contributed by atoms with Crippen LogP contribution in [-0.4, -0.2) is 74.3 Å². The van der Waals surface area contributed by atoms with E-state index >= 15 is 0 Å². The van der Waals surface area contributed by atoms with Crippen LogP contribution in [0.5, 0.6) is 0 Å². The van der Waals surface area contributed by atoms with E-state index in [2.05, 4.69) is 5.32 Å². The van der Waals surface area contributed by atoms with Crippen molar-refractivity contribution in [2.24, 2.45) is 0 Å². The fraction of sp³-hybridized carbons (Fsp3) is 0.306. The van der Waals surface area contributed by atoms with Crippen molar-refractivity contribution in [2.75, 3.05) is 5.75 Å². The Labute approximate surface area is 351 Å². The Morgan fingerprint density at radius 1 is 0.650 bits per heavy atom. The average molecular weight is 820 g/mol. The van der Waals surface area contributed by atoms with Crippen molar-refractivity contribution in [2.45, 2.75) is 95.7 Å². The molecule has 1 unspecified atom stereocenters. The monoisotopic (exact) mass is 819 g/mol. The summed E-state index contributed by atoms with van der Waals surface area (Å²) in [5.41, 5.74) is 4.77. The van der Waals surface area contributed by atoms with Crippen LogP contribution in [0.4, 0.5) is 0 Å². The van der Waals surface area contributed by atoms with Crippen LogP contribution in [0.1, 0.15) is 119 Å². The molecule has 0 spiro atoms. The second kappa shape index (κ2) is 15.2. The van der Waals surface area contributed by atoms with Gasteiger partial charge in [-0.25, -0.2) is 4.79 Å². The average Bonchev–Trinajstić information content (AvgIpc) is 3.66. The highest BCUT2D eigenvalue weighted by molar-refractivity contribution is 7.99. The Kier molecular flexibility index (Phi) is 9.97. The number of hydrogen-bond donors (Lipinski definition) is 2. The number of aliphatic carboxylic acids is 1. The van der Waals surface area contributed by atoms with E-state index in [1.165, 1.54) is 21.6 Å². The van der Waals surface area contributed by atoms with Crippen LogP contribution in [0.25, 0.3) is 48.7 Å². The predicted molar refractivity (Wildman–Crippen MR) is 235 cm³/mol. The van der Waals surface area contributed by atoms with E-state index in [-0.39, 0.29) is 54.3 Å². The third-order valence-electron chi connectivity index (χ3n) is 13.0. The van der Waals surface area contributed by atoms with Crippen molar-refractivity contribution in [3.63, 3.8) is 0 Å². The van der Waals surface area contributed by atoms with Crippen LogP contribution in [0.15, 0.2) is 77.7 Å². The van der Waals surface area contributed by atoms with Gasteiger partial charge < -0.3 is 10.4 Å². The SMILES string of the molecule is CCC(CC)N1C(=O)c2ccc3c4ccc5c6c(cc(SCCC(=O)NC(CC7=CCc8ccccc87)C(=O)O)c(c7ccc(c2c37)C1=O)c64)C(=O)N(C(CC)CC)C5=O. The number of carbonyl (C=O) groups excluding carboxylic acids is 5. The summed E-state index contributed by atoms with van der Waals surface area (Å²) >= 11 is 1.38. The third-order valence-corrected chi connectivity index (χ3v) is 14.0. The molecular formula is C49H45N3O7S. The number of carbonyl (C=O) groups is 6. The van der Waals surface area contributed by atoms with Crippen LogP contribution < -0.4 is 5.32 Å². The van der Waals surface area contributed by atoms with E-state index in [0.717, 1.165) is 55.4 Å². The fourth-order valence-electron chi connectivity index (χ4n) is 9.94. The van der Waals surface area contributed by atoms with Gasteiger partial charge in [-0.2, -0.15) is 0 Å². The number of hydrogen-bond acceptors (Lipinski definition) is 7. The molecule has 10 nitrogen and oxygen atoms in total. The number of fused-ring (bicyclic) bond motifs is 3. The molecule has 2 aliphatic heterocycles. The first-order chi connectivity index (χ1) is 29.0. The van der Waals surface area contributed by atoms with Gasteiger partial charge in [0.1, 0.15) is 6.04 Å². The van der Waals surface area contributed by atoms with Crippen molar-refractivity contribution in [3.8, 4) is 0 Å². The molecule has 2 heterocycles. The number of amides is 5. The standard InChI is InChI=1S/C49H45N3O7S/c1-5-27(6-2)51-45(54)33-18-15-30-31-16-19-35-42-36(48(57)52(47(35)56)28(7-3)8-4)24-38(43(44(31)42)32-17-20-34(46(51)55)41(33)40(30)32)60-22-21-39(53)50-37(49(58)59)23-26-14-13-25-11-9-10-12-29(25)26/h9-12,14-20,24,27-28,37H,5-8,13,21-23H2,1-4H3,(H,50,53)(H,58,59). The molecule has 304 valence electrons. The first kappa shape index (κ1) is 39.4. The molecule has 5 amide bonds. The summed E-state index contributed by atoms with van der Waals surface area (Å²) in [6.07, 6.45) is 5.38. The lowest BCUT2D eigenvalue weighted by Gasteiger charge is -2.35. The summed E-state index contributed by atoms with van der Waals surface area (Å²) in [7, 11) is 0. The first-order valence-corrected chi connectivity index (χ1v) is 21.9. The minimum atomic E-state index is -1.11. The number of benzene rings is 6. The van der Waals surface area contributed by atoms with Gasteiger partial charge >= 0.3 is 5.97 Å². The van der Waals surface area contributed by atoms with E-state index in [4.69, 9.17) is 0 Å². The minimum absolute atomic E-state index is 0.0000350. The van der Waals surface area contributed by atoms with Crippen molar-refractivity contribution in [1.29, 1.82) is 0 Å². The number of carboxylic acid groups (broad SMARTS) is 1. The van der Waals surface area contributed by atoms with Crippen LogP contribution >= 0.6 is 11.8 Å². The fourth-order valence-corrected chi connectivity index (χ4v) is 11.0. The first-order valence-electron chi connectivity index (χ1n) is 20.9. The van der Waals surface area contributed by atoms with E-state index < -0.39 is 17.9 Å². The van der Waals surface area contributed by atoms with Gasteiger partial charge in [0.15, 0.2) is 0 Å². The van der Waals surface area contributed by atoms with Crippen LogP contribution in [0, 0.1) is 0 Å². The second-order valence-electron chi connectivity index (χ2n) is 16.0. The number of allylic oxidation sites excluding steroid dienone is 1. The summed E-state index contributed by atoms with van der Waals surface area (Å²) in [6, 6.07) is 19.1. The molecule has 6 aromatic rings. The van der Waals surface area contributed by atoms with Crippen LogP contribution in [0.2, 0.25) is 0 Å². The van der Waals surface area contributed by atoms with Gasteiger partial charge in [0.25, 0.3) is 23.6 Å². The second-order valence-corrected chi connectivity index (χ2v) is 17.2. The molecule has 1 aliphatic carbocycles. The lowest BCUT2D eigenvalue weighted by Crippen LogP contribution is -2.46. The maximum absolute atomic E-state index is 14.5. The van der Waals surface area contributed by atoms with Gasteiger partial charge in [0.05, 0.1) is 0 Å². The zero-order chi connectivity index (χ0) is 42.1. The lowest BCUT2D eigenvalue weighted by atomic mass is 9.81. The van der Waals surface area contributed by atoms with Crippen LogP contribution in [-0.2, 0) is 16.0 Å². The Morgan fingerprint density at radius 3 is 1.77 bits per heavy atom. The van der Waals surface area contributed by atoms with E-state index in [1.807, 2.05) is 82.3 Å². The quantitative estimate of drug-likeness (QED) is 0.0480. The highest BCUT2D eigenvalue weighted by atomic mass is 32.2. The Balaban J connectivity index is 1.15. The molecule has 0 fully saturated rings. The number of nitrogens with one attached hydrogen (secondary N) is 1. The van der Waals surface area contributed by atoms with E-state index in [9.17, 15) is 33.9 Å². The maximum atomic E-state index is 14.5. The van der Waals surface area contributed by atoms with Gasteiger partial charge in [-0.3, -0.25) is 33.8 Å². The molecule has 0 saturated heterocycles. The Bertz CT molecular complexity index is 2870. The molecule has 6 aromatic carbocycles. The Morgan fingerprint density at radius 2 is 1.18 bits per heavy atom. The molecule has 1 atom stereocenters. The number of carboxylic acids is 1. The number of imide groups is 2. The molecule has 11 heteroatoms. The van der Waals surface area contributed by atoms with E-state index in [0.29, 0.717) is 63.6 Å². The predicted octanol–water partition coefficient (Wildman–Crippen LogP) is 9.39. The van der Waals surface area contributed by atoms with Gasteiger partial charge in [0, 0.05) is 79.4 Å². The van der Waals surface area contributed by atoms with Gasteiger partial charge in [-0.15, -0.1) is 11.8 Å². The molecule has 2 N–H and O–H groups in total. The summed E-state index contributed by atoms with van der Waals surface area (Å²) in [5, 5.41) is 18.6. The zero-order valence-corrected chi connectivity index (χ0v) is 34.8. The number of thioether (sulfide) groups is 1. The normalized spacial score (nSPS) is 15.4. The summed E-state index contributed by atoms with van der Waals surface area (Å²) < 4.78 is 0. The summed E-state index contributed by atoms with van der Waals surface area (Å²) in [4.78, 5) is 86.5.